The van der Waals surface area contributed by atoms with Gasteiger partial charge in [0, 0.05) is 11.7 Å². The number of anilines is 1. The highest BCUT2D eigenvalue weighted by molar-refractivity contribution is 5.99. The molecule has 2 N–H and O–H groups in total. The van der Waals surface area contributed by atoms with Crippen LogP contribution < -0.4 is 10.6 Å². The zero-order valence-electron chi connectivity index (χ0n) is 11.9. The zero-order chi connectivity index (χ0) is 14.5. The van der Waals surface area contributed by atoms with E-state index in [1.54, 1.807) is 6.92 Å². The molecule has 0 saturated heterocycles. The van der Waals surface area contributed by atoms with E-state index in [1.807, 2.05) is 25.2 Å². The number of esters is 1. The molecule has 0 fully saturated rings. The number of carbonyl (C=O) groups is 2. The van der Waals surface area contributed by atoms with Crippen molar-refractivity contribution in [1.82, 2.24) is 5.32 Å². The highest BCUT2D eigenvalue weighted by Crippen LogP contribution is 2.24. The van der Waals surface area contributed by atoms with Crippen LogP contribution in [-0.4, -0.2) is 31.6 Å². The monoisotopic (exact) mass is 276 g/mol. The predicted molar refractivity (Wildman–Crippen MR) is 76.6 cm³/mol. The van der Waals surface area contributed by atoms with Crippen molar-refractivity contribution in [2.24, 2.45) is 0 Å². The highest BCUT2D eigenvalue weighted by atomic mass is 16.5. The molecule has 2 rings (SSSR count). The normalized spacial score (nSPS) is 14.6. The van der Waals surface area contributed by atoms with Crippen LogP contribution in [0.25, 0.3) is 0 Å². The number of rotatable bonds is 6. The number of amides is 1. The van der Waals surface area contributed by atoms with Crippen LogP contribution in [-0.2, 0) is 27.2 Å². The Hall–Kier alpha value is -1.88. The Balaban J connectivity index is 1.99. The first kappa shape index (κ1) is 14.5. The minimum Gasteiger partial charge on any atom is -0.466 e. The standard InChI is InChI=1S/C15H20N2O3/c1-3-20-15(19)9-12(16-2)7-10-4-5-13-11(6-10)8-14(18)17-13/h4-6,12,16H,3,7-9H2,1-2H3,(H,17,18). The molecule has 1 atom stereocenters. The largest absolute Gasteiger partial charge is 0.466 e. The fraction of sp³-hybridized carbons (Fsp3) is 0.467. The van der Waals surface area contributed by atoms with Crippen molar-refractivity contribution >= 4 is 17.6 Å². The highest BCUT2D eigenvalue weighted by Gasteiger charge is 2.19. The number of fused-ring (bicyclic) bond motifs is 1. The molecule has 1 aromatic rings. The molecule has 0 bridgehead atoms. The number of hydrogen-bond acceptors (Lipinski definition) is 4. The van der Waals surface area contributed by atoms with E-state index in [0.29, 0.717) is 19.4 Å². The van der Waals surface area contributed by atoms with Gasteiger partial charge in [0.25, 0.3) is 0 Å². The third kappa shape index (κ3) is 3.57. The van der Waals surface area contributed by atoms with Crippen molar-refractivity contribution in [3.8, 4) is 0 Å². The summed E-state index contributed by atoms with van der Waals surface area (Å²) in [6.45, 7) is 2.21. The van der Waals surface area contributed by atoms with E-state index < -0.39 is 0 Å². The second-order valence-electron chi connectivity index (χ2n) is 4.92. The van der Waals surface area contributed by atoms with Crippen LogP contribution >= 0.6 is 0 Å². The zero-order valence-corrected chi connectivity index (χ0v) is 11.9. The van der Waals surface area contributed by atoms with Crippen LogP contribution in [0.4, 0.5) is 5.69 Å². The predicted octanol–water partition coefficient (Wildman–Crippen LogP) is 1.26. The maximum absolute atomic E-state index is 11.5. The Morgan fingerprint density at radius 1 is 1.50 bits per heavy atom. The van der Waals surface area contributed by atoms with Crippen molar-refractivity contribution in [3.05, 3.63) is 29.3 Å². The molecule has 1 aliphatic heterocycles. The summed E-state index contributed by atoms with van der Waals surface area (Å²) in [5.41, 5.74) is 3.03. The summed E-state index contributed by atoms with van der Waals surface area (Å²) in [6, 6.07) is 5.98. The van der Waals surface area contributed by atoms with E-state index in [4.69, 9.17) is 4.74 Å². The van der Waals surface area contributed by atoms with Crippen LogP contribution in [0.5, 0.6) is 0 Å². The summed E-state index contributed by atoms with van der Waals surface area (Å²) < 4.78 is 4.97. The fourth-order valence-electron chi connectivity index (χ4n) is 2.39. The molecule has 1 amide bonds. The van der Waals surface area contributed by atoms with Gasteiger partial charge in [-0.25, -0.2) is 0 Å². The first-order valence-electron chi connectivity index (χ1n) is 6.87. The van der Waals surface area contributed by atoms with Gasteiger partial charge in [0.05, 0.1) is 19.4 Å². The van der Waals surface area contributed by atoms with E-state index in [1.165, 1.54) is 0 Å². The molecule has 0 aromatic heterocycles. The number of ether oxygens (including phenoxy) is 1. The number of carbonyl (C=O) groups excluding carboxylic acids is 2. The third-order valence-corrected chi connectivity index (χ3v) is 3.40. The summed E-state index contributed by atoms with van der Waals surface area (Å²) in [7, 11) is 1.84. The van der Waals surface area contributed by atoms with Gasteiger partial charge in [-0.2, -0.15) is 0 Å². The molecule has 108 valence electrons. The second-order valence-corrected chi connectivity index (χ2v) is 4.92. The second kappa shape index (κ2) is 6.52. The lowest BCUT2D eigenvalue weighted by molar-refractivity contribution is -0.143. The van der Waals surface area contributed by atoms with Gasteiger partial charge < -0.3 is 15.4 Å². The molecule has 1 unspecified atom stereocenters. The smallest absolute Gasteiger partial charge is 0.307 e. The summed E-state index contributed by atoms with van der Waals surface area (Å²) in [5.74, 6) is -0.154. The van der Waals surface area contributed by atoms with Crippen LogP contribution in [0.15, 0.2) is 18.2 Å². The first-order chi connectivity index (χ1) is 9.62. The molecule has 20 heavy (non-hydrogen) atoms. The Morgan fingerprint density at radius 3 is 3.00 bits per heavy atom. The van der Waals surface area contributed by atoms with Gasteiger partial charge in [-0.15, -0.1) is 0 Å². The average molecular weight is 276 g/mol. The lowest BCUT2D eigenvalue weighted by Crippen LogP contribution is -2.31. The first-order valence-corrected chi connectivity index (χ1v) is 6.87. The van der Waals surface area contributed by atoms with Crippen LogP contribution in [0.2, 0.25) is 0 Å². The average Bonchev–Trinajstić information content (AvgIpc) is 2.77. The number of benzene rings is 1. The number of nitrogens with one attached hydrogen (secondary N) is 2. The Morgan fingerprint density at radius 2 is 2.30 bits per heavy atom. The van der Waals surface area contributed by atoms with E-state index in [-0.39, 0.29) is 17.9 Å². The molecule has 0 spiro atoms. The van der Waals surface area contributed by atoms with Gasteiger partial charge in [0.15, 0.2) is 0 Å². The molecule has 5 heteroatoms. The van der Waals surface area contributed by atoms with E-state index in [0.717, 1.165) is 23.2 Å². The fourth-order valence-corrected chi connectivity index (χ4v) is 2.39. The molecule has 0 radical (unpaired) electrons. The van der Waals surface area contributed by atoms with E-state index >= 15 is 0 Å². The molecule has 5 nitrogen and oxygen atoms in total. The van der Waals surface area contributed by atoms with Crippen LogP contribution in [0.3, 0.4) is 0 Å². The minimum atomic E-state index is -0.190. The molecule has 1 aliphatic rings. The topological polar surface area (TPSA) is 67.4 Å². The van der Waals surface area contributed by atoms with Crippen molar-refractivity contribution < 1.29 is 14.3 Å². The summed E-state index contributed by atoms with van der Waals surface area (Å²) in [5, 5.41) is 5.95. The number of likely N-dealkylation sites (N-methyl/N-ethyl adjacent to an activating group) is 1. The van der Waals surface area contributed by atoms with Gasteiger partial charge >= 0.3 is 5.97 Å². The Kier molecular flexibility index (Phi) is 4.74. The quantitative estimate of drug-likeness (QED) is 0.768. The van der Waals surface area contributed by atoms with Gasteiger partial charge in [-0.05, 0) is 37.6 Å². The van der Waals surface area contributed by atoms with Gasteiger partial charge in [0.1, 0.15) is 0 Å². The summed E-state index contributed by atoms with van der Waals surface area (Å²) in [4.78, 5) is 22.8. The summed E-state index contributed by atoms with van der Waals surface area (Å²) >= 11 is 0. The molecular weight excluding hydrogens is 256 g/mol. The van der Waals surface area contributed by atoms with Crippen molar-refractivity contribution in [3.63, 3.8) is 0 Å². The Bertz CT molecular complexity index is 514. The lowest BCUT2D eigenvalue weighted by atomic mass is 10.0. The molecule has 0 saturated carbocycles. The summed E-state index contributed by atoms with van der Waals surface area (Å²) in [6.07, 6.45) is 1.51. The van der Waals surface area contributed by atoms with Crippen molar-refractivity contribution in [2.75, 3.05) is 19.0 Å². The minimum absolute atomic E-state index is 0.0360. The molecule has 0 aliphatic carbocycles. The van der Waals surface area contributed by atoms with Gasteiger partial charge in [0.2, 0.25) is 5.91 Å². The molecular formula is C15H20N2O3. The number of hydrogen-bond donors (Lipinski definition) is 2. The SMILES string of the molecule is CCOC(=O)CC(Cc1ccc2c(c1)CC(=O)N2)NC. The molecule has 1 aromatic carbocycles. The maximum Gasteiger partial charge on any atom is 0.307 e. The van der Waals surface area contributed by atoms with Gasteiger partial charge in [-0.3, -0.25) is 9.59 Å². The van der Waals surface area contributed by atoms with E-state index in [9.17, 15) is 9.59 Å². The van der Waals surface area contributed by atoms with Crippen molar-refractivity contribution in [1.29, 1.82) is 0 Å². The maximum atomic E-state index is 11.5. The van der Waals surface area contributed by atoms with E-state index in [2.05, 4.69) is 10.6 Å². The molecule has 1 heterocycles. The van der Waals surface area contributed by atoms with Gasteiger partial charge in [-0.1, -0.05) is 12.1 Å². The van der Waals surface area contributed by atoms with Crippen molar-refractivity contribution in [2.45, 2.75) is 32.2 Å². The van der Waals surface area contributed by atoms with Crippen LogP contribution in [0.1, 0.15) is 24.5 Å². The van der Waals surface area contributed by atoms with Crippen LogP contribution in [0, 0.1) is 0 Å². The Labute approximate surface area is 118 Å². The third-order valence-electron chi connectivity index (χ3n) is 3.40. The lowest BCUT2D eigenvalue weighted by Gasteiger charge is -2.15.